The number of anilines is 2. The molecule has 2 nitrogen and oxygen atoms in total. The molecular formula is C16H15NO. The number of hydrogen-bond acceptors (Lipinski definition) is 2. The summed E-state index contributed by atoms with van der Waals surface area (Å²) >= 11 is 0. The van der Waals surface area contributed by atoms with Gasteiger partial charge in [0.1, 0.15) is 5.75 Å². The Morgan fingerprint density at radius 2 is 1.78 bits per heavy atom. The first kappa shape index (κ1) is 10.9. The van der Waals surface area contributed by atoms with Crippen LogP contribution in [0.5, 0.6) is 5.75 Å². The number of nitrogens with zero attached hydrogens (tertiary/aromatic N) is 1. The zero-order valence-electron chi connectivity index (χ0n) is 10.3. The number of hydrogen-bond donors (Lipinski definition) is 0. The highest BCUT2D eigenvalue weighted by Crippen LogP contribution is 2.32. The van der Waals surface area contributed by atoms with E-state index in [0.717, 1.165) is 12.3 Å². The smallest absolute Gasteiger partial charge is 0.119 e. The van der Waals surface area contributed by atoms with Gasteiger partial charge in [-0.15, -0.1) is 0 Å². The summed E-state index contributed by atoms with van der Waals surface area (Å²) in [4.78, 5) is 2.30. The van der Waals surface area contributed by atoms with Gasteiger partial charge in [0.25, 0.3) is 0 Å². The summed E-state index contributed by atoms with van der Waals surface area (Å²) in [5.74, 6) is 0.889. The molecule has 3 rings (SSSR count). The molecule has 0 aromatic heterocycles. The van der Waals surface area contributed by atoms with E-state index < -0.39 is 0 Å². The zero-order chi connectivity index (χ0) is 12.4. The highest BCUT2D eigenvalue weighted by Gasteiger charge is 2.13. The third kappa shape index (κ3) is 1.86. The van der Waals surface area contributed by atoms with Crippen molar-refractivity contribution < 1.29 is 4.74 Å². The molecule has 0 spiro atoms. The summed E-state index contributed by atoms with van der Waals surface area (Å²) in [5, 5.41) is 0. The molecule has 0 amide bonds. The fourth-order valence-corrected chi connectivity index (χ4v) is 2.26. The average Bonchev–Trinajstić information content (AvgIpc) is 2.47. The Morgan fingerprint density at radius 3 is 2.56 bits per heavy atom. The van der Waals surface area contributed by atoms with E-state index in [0.29, 0.717) is 0 Å². The molecule has 18 heavy (non-hydrogen) atoms. The van der Waals surface area contributed by atoms with Crippen LogP contribution in [-0.4, -0.2) is 13.7 Å². The Hall–Kier alpha value is -2.22. The van der Waals surface area contributed by atoms with Crippen LogP contribution in [0.15, 0.2) is 54.6 Å². The quantitative estimate of drug-likeness (QED) is 0.786. The molecule has 2 heteroatoms. The molecule has 0 aliphatic carbocycles. The second-order valence-electron chi connectivity index (χ2n) is 4.27. The Morgan fingerprint density at radius 1 is 1.00 bits per heavy atom. The summed E-state index contributed by atoms with van der Waals surface area (Å²) in [7, 11) is 1.69. The zero-order valence-corrected chi connectivity index (χ0v) is 10.3. The molecule has 1 aliphatic rings. The molecule has 0 bridgehead atoms. The van der Waals surface area contributed by atoms with Gasteiger partial charge in [-0.2, -0.15) is 0 Å². The van der Waals surface area contributed by atoms with Gasteiger partial charge < -0.3 is 9.64 Å². The van der Waals surface area contributed by atoms with E-state index in [1.807, 2.05) is 12.1 Å². The topological polar surface area (TPSA) is 12.5 Å². The van der Waals surface area contributed by atoms with E-state index in [4.69, 9.17) is 4.74 Å². The summed E-state index contributed by atoms with van der Waals surface area (Å²) in [6.07, 6.45) is 4.36. The van der Waals surface area contributed by atoms with E-state index in [2.05, 4.69) is 53.5 Å². The summed E-state index contributed by atoms with van der Waals surface area (Å²) < 4.78 is 5.19. The van der Waals surface area contributed by atoms with Crippen LogP contribution >= 0.6 is 0 Å². The van der Waals surface area contributed by atoms with Gasteiger partial charge in [-0.3, -0.25) is 0 Å². The van der Waals surface area contributed by atoms with Crippen LogP contribution in [0, 0.1) is 0 Å². The van der Waals surface area contributed by atoms with Gasteiger partial charge in [-0.05, 0) is 35.9 Å². The van der Waals surface area contributed by atoms with Crippen LogP contribution < -0.4 is 9.64 Å². The van der Waals surface area contributed by atoms with Crippen molar-refractivity contribution in [2.75, 3.05) is 18.6 Å². The molecule has 1 heterocycles. The van der Waals surface area contributed by atoms with Crippen molar-refractivity contribution in [2.24, 2.45) is 0 Å². The lowest BCUT2D eigenvalue weighted by Gasteiger charge is -2.28. The number of rotatable bonds is 2. The molecule has 0 unspecified atom stereocenters. The van der Waals surface area contributed by atoms with Gasteiger partial charge in [-0.1, -0.05) is 30.4 Å². The third-order valence-electron chi connectivity index (χ3n) is 3.20. The monoisotopic (exact) mass is 237 g/mol. The van der Waals surface area contributed by atoms with E-state index in [-0.39, 0.29) is 0 Å². The minimum atomic E-state index is 0.889. The average molecular weight is 237 g/mol. The van der Waals surface area contributed by atoms with Crippen molar-refractivity contribution >= 4 is 17.5 Å². The molecule has 0 saturated carbocycles. The summed E-state index contributed by atoms with van der Waals surface area (Å²) in [6.45, 7) is 0.906. The Kier molecular flexibility index (Phi) is 2.77. The van der Waals surface area contributed by atoms with E-state index in [1.54, 1.807) is 7.11 Å². The van der Waals surface area contributed by atoms with Crippen molar-refractivity contribution in [1.29, 1.82) is 0 Å². The standard InChI is InChI=1S/C16H15NO/c1-18-15-10-8-14(9-11-15)17-12-4-6-13-5-2-3-7-16(13)17/h2-11H,12H2,1H3. The van der Waals surface area contributed by atoms with Gasteiger partial charge in [0, 0.05) is 17.9 Å². The number of benzene rings is 2. The van der Waals surface area contributed by atoms with Gasteiger partial charge in [-0.25, -0.2) is 0 Å². The molecule has 0 radical (unpaired) electrons. The number of methoxy groups -OCH3 is 1. The largest absolute Gasteiger partial charge is 0.497 e. The lowest BCUT2D eigenvalue weighted by atomic mass is 10.1. The molecule has 0 fully saturated rings. The summed E-state index contributed by atoms with van der Waals surface area (Å²) in [6, 6.07) is 16.6. The number of ether oxygens (including phenoxy) is 1. The maximum absolute atomic E-state index is 5.19. The Labute approximate surface area is 107 Å². The predicted octanol–water partition coefficient (Wildman–Crippen LogP) is 3.86. The fourth-order valence-electron chi connectivity index (χ4n) is 2.26. The fraction of sp³-hybridized carbons (Fsp3) is 0.125. The van der Waals surface area contributed by atoms with Crippen LogP contribution in [0.2, 0.25) is 0 Å². The van der Waals surface area contributed by atoms with E-state index >= 15 is 0 Å². The minimum Gasteiger partial charge on any atom is -0.497 e. The molecule has 0 saturated heterocycles. The van der Waals surface area contributed by atoms with E-state index in [9.17, 15) is 0 Å². The first-order chi connectivity index (χ1) is 8.88. The first-order valence-electron chi connectivity index (χ1n) is 6.05. The third-order valence-corrected chi connectivity index (χ3v) is 3.20. The van der Waals surface area contributed by atoms with Gasteiger partial charge >= 0.3 is 0 Å². The molecular weight excluding hydrogens is 222 g/mol. The number of para-hydroxylation sites is 1. The molecule has 90 valence electrons. The van der Waals surface area contributed by atoms with Gasteiger partial charge in [0.15, 0.2) is 0 Å². The SMILES string of the molecule is COc1ccc(N2CC=Cc3ccccc32)cc1. The Bertz CT molecular complexity index is 572. The van der Waals surface area contributed by atoms with Gasteiger partial charge in [0.2, 0.25) is 0 Å². The highest BCUT2D eigenvalue weighted by atomic mass is 16.5. The van der Waals surface area contributed by atoms with Crippen LogP contribution in [0.25, 0.3) is 6.08 Å². The number of fused-ring (bicyclic) bond motifs is 1. The lowest BCUT2D eigenvalue weighted by molar-refractivity contribution is 0.415. The maximum Gasteiger partial charge on any atom is 0.119 e. The minimum absolute atomic E-state index is 0.889. The van der Waals surface area contributed by atoms with Crippen LogP contribution in [0.1, 0.15) is 5.56 Å². The van der Waals surface area contributed by atoms with Crippen LogP contribution in [0.3, 0.4) is 0 Å². The van der Waals surface area contributed by atoms with Crippen molar-refractivity contribution in [3.8, 4) is 5.75 Å². The van der Waals surface area contributed by atoms with Crippen LogP contribution in [0.4, 0.5) is 11.4 Å². The van der Waals surface area contributed by atoms with Gasteiger partial charge in [0.05, 0.1) is 7.11 Å². The molecule has 1 aliphatic heterocycles. The second kappa shape index (κ2) is 4.57. The van der Waals surface area contributed by atoms with Crippen molar-refractivity contribution in [2.45, 2.75) is 0 Å². The molecule has 2 aromatic rings. The molecule has 0 N–H and O–H groups in total. The first-order valence-corrected chi connectivity index (χ1v) is 6.05. The van der Waals surface area contributed by atoms with Crippen molar-refractivity contribution in [3.05, 3.63) is 60.2 Å². The second-order valence-corrected chi connectivity index (χ2v) is 4.27. The van der Waals surface area contributed by atoms with Crippen LogP contribution in [-0.2, 0) is 0 Å². The lowest BCUT2D eigenvalue weighted by Crippen LogP contribution is -2.19. The molecule has 2 aromatic carbocycles. The summed E-state index contributed by atoms with van der Waals surface area (Å²) in [5.41, 5.74) is 3.71. The van der Waals surface area contributed by atoms with Crippen molar-refractivity contribution in [1.82, 2.24) is 0 Å². The Balaban J connectivity index is 1.99. The highest BCUT2D eigenvalue weighted by molar-refractivity contribution is 5.77. The predicted molar refractivity (Wildman–Crippen MR) is 75.5 cm³/mol. The maximum atomic E-state index is 5.19. The van der Waals surface area contributed by atoms with Crippen molar-refractivity contribution in [3.63, 3.8) is 0 Å². The molecule has 0 atom stereocenters. The van der Waals surface area contributed by atoms with E-state index in [1.165, 1.54) is 16.9 Å². The normalized spacial score (nSPS) is 13.3.